The molecule has 0 bridgehead atoms. The van der Waals surface area contributed by atoms with Gasteiger partial charge in [-0.15, -0.1) is 11.3 Å². The first-order valence-electron chi connectivity index (χ1n) is 20.4. The Bertz CT molecular complexity index is 3450. The minimum atomic E-state index is 1.09. The van der Waals surface area contributed by atoms with Crippen molar-refractivity contribution in [2.24, 2.45) is 0 Å². The monoisotopic (exact) mass is 783 g/mol. The summed E-state index contributed by atoms with van der Waals surface area (Å²) in [6.45, 7) is 0. The number of nitrogens with zero attached hydrogens (tertiary/aromatic N) is 3. The van der Waals surface area contributed by atoms with E-state index in [0.717, 1.165) is 22.7 Å². The molecule has 12 rings (SSSR count). The highest BCUT2D eigenvalue weighted by Gasteiger charge is 2.20. The van der Waals surface area contributed by atoms with Crippen molar-refractivity contribution in [3.8, 4) is 33.6 Å². The Balaban J connectivity index is 0.969. The van der Waals surface area contributed by atoms with Crippen LogP contribution in [0, 0.1) is 0 Å². The van der Waals surface area contributed by atoms with Gasteiger partial charge in [0.2, 0.25) is 0 Å². The first kappa shape index (κ1) is 34.4. The van der Waals surface area contributed by atoms with Gasteiger partial charge in [-0.05, 0) is 101 Å². The van der Waals surface area contributed by atoms with Crippen molar-refractivity contribution in [3.63, 3.8) is 0 Å². The summed E-state index contributed by atoms with van der Waals surface area (Å²) in [7, 11) is 0. The van der Waals surface area contributed by atoms with Crippen LogP contribution < -0.4 is 4.90 Å². The summed E-state index contributed by atoms with van der Waals surface area (Å²) >= 11 is 1.90. The Morgan fingerprint density at radius 1 is 0.300 bits per heavy atom. The van der Waals surface area contributed by atoms with E-state index in [9.17, 15) is 0 Å². The Labute approximate surface area is 351 Å². The zero-order valence-electron chi connectivity index (χ0n) is 32.6. The molecule has 3 nitrogen and oxygen atoms in total. The van der Waals surface area contributed by atoms with Crippen LogP contribution in [0.3, 0.4) is 0 Å². The average Bonchev–Trinajstić information content (AvgIpc) is 3.98. The summed E-state index contributed by atoms with van der Waals surface area (Å²) in [5.41, 5.74) is 15.4. The Kier molecular flexibility index (Phi) is 8.03. The second kappa shape index (κ2) is 14.0. The van der Waals surface area contributed by atoms with Crippen LogP contribution >= 0.6 is 11.3 Å². The number of hydrogen-bond acceptors (Lipinski definition) is 2. The molecule has 60 heavy (non-hydrogen) atoms. The van der Waals surface area contributed by atoms with E-state index in [1.165, 1.54) is 81.0 Å². The van der Waals surface area contributed by atoms with Crippen molar-refractivity contribution in [3.05, 3.63) is 224 Å². The molecule has 9 aromatic carbocycles. The molecule has 3 aromatic heterocycles. The van der Waals surface area contributed by atoms with Gasteiger partial charge in [-0.25, -0.2) is 0 Å². The van der Waals surface area contributed by atoms with E-state index in [0.29, 0.717) is 0 Å². The van der Waals surface area contributed by atoms with E-state index in [4.69, 9.17) is 0 Å². The van der Waals surface area contributed by atoms with Gasteiger partial charge in [0.1, 0.15) is 0 Å². The molecule has 0 N–H and O–H groups in total. The molecule has 12 aromatic rings. The third kappa shape index (κ3) is 5.49. The molecule has 0 atom stereocenters. The lowest BCUT2D eigenvalue weighted by Crippen LogP contribution is -2.10. The molecule has 0 saturated heterocycles. The normalized spacial score (nSPS) is 11.7. The van der Waals surface area contributed by atoms with Crippen LogP contribution in [-0.4, -0.2) is 9.13 Å². The number of aromatic nitrogens is 2. The van der Waals surface area contributed by atoms with Crippen LogP contribution in [0.1, 0.15) is 0 Å². The van der Waals surface area contributed by atoms with Crippen LogP contribution in [0.2, 0.25) is 0 Å². The van der Waals surface area contributed by atoms with Crippen molar-refractivity contribution in [2.45, 2.75) is 0 Å². The van der Waals surface area contributed by atoms with Gasteiger partial charge in [-0.2, -0.15) is 0 Å². The highest BCUT2D eigenvalue weighted by atomic mass is 32.1. The molecule has 0 aliphatic carbocycles. The van der Waals surface area contributed by atoms with Gasteiger partial charge in [0.15, 0.2) is 0 Å². The minimum Gasteiger partial charge on any atom is -0.311 e. The maximum absolute atomic E-state index is 2.43. The number of rotatable bonds is 7. The SMILES string of the molecule is c1ccc(-c2ccc(N(c3ccc(-c4cccc5c4sc4c6ccccc6n(-c6ccccc6)c54)cc3)c3ccc(-n4c5ccccc5c5ccccc54)cc3)cc2)cc1. The number of fused-ring (bicyclic) bond motifs is 8. The average molecular weight is 784 g/mol. The van der Waals surface area contributed by atoms with Gasteiger partial charge >= 0.3 is 0 Å². The third-order valence-electron chi connectivity index (χ3n) is 11.9. The highest BCUT2D eigenvalue weighted by Crippen LogP contribution is 2.46. The Morgan fingerprint density at radius 3 is 1.37 bits per heavy atom. The molecule has 0 radical (unpaired) electrons. The first-order valence-corrected chi connectivity index (χ1v) is 21.2. The second-order valence-electron chi connectivity index (χ2n) is 15.3. The standard InChI is InChI=1S/C56H37N3S/c1-3-14-38(15-4-1)39-26-30-42(31-27-39)57(44-34-36-45(37-35-44)58-51-23-10-7-18-47(51)48-19-8-11-24-52(48)58)43-32-28-40(29-33-43)46-21-13-22-50-54-56(60-55(46)50)49-20-9-12-25-53(49)59(54)41-16-5-2-6-17-41/h1-37H. The number of thiophene rings is 1. The van der Waals surface area contributed by atoms with Crippen LogP contribution in [-0.2, 0) is 0 Å². The highest BCUT2D eigenvalue weighted by molar-refractivity contribution is 7.27. The van der Waals surface area contributed by atoms with Crippen LogP contribution in [0.15, 0.2) is 224 Å². The summed E-state index contributed by atoms with van der Waals surface area (Å²) in [5, 5.41) is 5.09. The number of anilines is 3. The van der Waals surface area contributed by atoms with Crippen molar-refractivity contribution in [1.82, 2.24) is 9.13 Å². The maximum Gasteiger partial charge on any atom is 0.0727 e. The maximum atomic E-state index is 2.43. The molecule has 0 saturated carbocycles. The largest absolute Gasteiger partial charge is 0.311 e. The predicted molar refractivity (Wildman–Crippen MR) is 256 cm³/mol. The topological polar surface area (TPSA) is 13.1 Å². The van der Waals surface area contributed by atoms with Gasteiger partial charge < -0.3 is 14.0 Å². The molecule has 0 fully saturated rings. The summed E-state index contributed by atoms with van der Waals surface area (Å²) in [5.74, 6) is 0. The van der Waals surface area contributed by atoms with Crippen molar-refractivity contribution < 1.29 is 0 Å². The Hall–Kier alpha value is -7.66. The lowest BCUT2D eigenvalue weighted by molar-refractivity contribution is 1.17. The summed E-state index contributed by atoms with van der Waals surface area (Å²) in [6, 6.07) is 81.3. The van der Waals surface area contributed by atoms with Gasteiger partial charge in [0, 0.05) is 54.7 Å². The Morgan fingerprint density at radius 2 is 0.750 bits per heavy atom. The zero-order chi connectivity index (χ0) is 39.6. The molecule has 0 unspecified atom stereocenters. The molecule has 4 heteroatoms. The van der Waals surface area contributed by atoms with Crippen molar-refractivity contribution >= 4 is 81.4 Å². The van der Waals surface area contributed by atoms with Gasteiger partial charge in [-0.3, -0.25) is 0 Å². The molecule has 0 aliphatic rings. The molecular formula is C56H37N3S. The zero-order valence-corrected chi connectivity index (χ0v) is 33.4. The quantitative estimate of drug-likeness (QED) is 0.157. The first-order chi connectivity index (χ1) is 29.8. The van der Waals surface area contributed by atoms with E-state index in [1.54, 1.807) is 0 Å². The predicted octanol–water partition coefficient (Wildman–Crippen LogP) is 15.9. The molecule has 0 spiro atoms. The van der Waals surface area contributed by atoms with E-state index >= 15 is 0 Å². The molecule has 3 heterocycles. The van der Waals surface area contributed by atoms with Crippen LogP contribution in [0.5, 0.6) is 0 Å². The molecular weight excluding hydrogens is 747 g/mol. The van der Waals surface area contributed by atoms with E-state index in [-0.39, 0.29) is 0 Å². The summed E-state index contributed by atoms with van der Waals surface area (Å²) in [6.07, 6.45) is 0. The summed E-state index contributed by atoms with van der Waals surface area (Å²) < 4.78 is 7.44. The van der Waals surface area contributed by atoms with E-state index in [1.807, 2.05) is 11.3 Å². The second-order valence-corrected chi connectivity index (χ2v) is 16.4. The number of benzene rings is 9. The lowest BCUT2D eigenvalue weighted by atomic mass is 10.0. The fourth-order valence-electron chi connectivity index (χ4n) is 9.19. The van der Waals surface area contributed by atoms with Gasteiger partial charge in [0.25, 0.3) is 0 Å². The van der Waals surface area contributed by atoms with Gasteiger partial charge in [-0.1, -0.05) is 146 Å². The van der Waals surface area contributed by atoms with Gasteiger partial charge in [0.05, 0.1) is 26.8 Å². The van der Waals surface area contributed by atoms with Crippen molar-refractivity contribution in [1.29, 1.82) is 0 Å². The molecule has 282 valence electrons. The van der Waals surface area contributed by atoms with Crippen LogP contribution in [0.4, 0.5) is 17.1 Å². The smallest absolute Gasteiger partial charge is 0.0727 e. The summed E-state index contributed by atoms with van der Waals surface area (Å²) in [4.78, 5) is 2.36. The third-order valence-corrected chi connectivity index (χ3v) is 13.2. The van der Waals surface area contributed by atoms with E-state index < -0.39 is 0 Å². The number of para-hydroxylation sites is 4. The molecule has 0 aliphatic heterocycles. The van der Waals surface area contributed by atoms with Crippen LogP contribution in [0.25, 0.3) is 86.6 Å². The fraction of sp³-hybridized carbons (Fsp3) is 0. The number of hydrogen-bond donors (Lipinski definition) is 0. The minimum absolute atomic E-state index is 1.09. The van der Waals surface area contributed by atoms with E-state index in [2.05, 4.69) is 238 Å². The van der Waals surface area contributed by atoms with Crippen molar-refractivity contribution in [2.75, 3.05) is 4.90 Å². The lowest BCUT2D eigenvalue weighted by Gasteiger charge is -2.26. The fourth-order valence-corrected chi connectivity index (χ4v) is 10.5. The molecule has 0 amide bonds.